The highest BCUT2D eigenvalue weighted by Crippen LogP contribution is 2.47. The number of piperidine rings is 1. The highest BCUT2D eigenvalue weighted by molar-refractivity contribution is 6.31. The number of hydrogen-bond donors (Lipinski definition) is 0. The van der Waals surface area contributed by atoms with Gasteiger partial charge in [0.25, 0.3) is 0 Å². The third kappa shape index (κ3) is 3.97. The Morgan fingerprint density at radius 1 is 1.10 bits per heavy atom. The Morgan fingerprint density at radius 2 is 1.74 bits per heavy atom. The standard InChI is InChI=1S/C25H30ClN3O2/c1-27(2)23(30)19(16-18-8-4-6-10-21(18)26)17-29-14-12-25(13-15-29)20-9-5-7-11-22(20)28(3)24(25)31/h4-11,19H,12-17H2,1-3H3. The second kappa shape index (κ2) is 8.64. The maximum Gasteiger partial charge on any atom is 0.237 e. The molecule has 2 aromatic rings. The van der Waals surface area contributed by atoms with Gasteiger partial charge in [0, 0.05) is 38.4 Å². The molecule has 0 aliphatic carbocycles. The fourth-order valence-corrected chi connectivity index (χ4v) is 5.37. The summed E-state index contributed by atoms with van der Waals surface area (Å²) in [6, 6.07) is 15.9. The number of nitrogens with zero attached hydrogens (tertiary/aromatic N) is 3. The molecule has 2 aliphatic heterocycles. The van der Waals surface area contributed by atoms with E-state index in [0.717, 1.165) is 42.7 Å². The lowest BCUT2D eigenvalue weighted by molar-refractivity contribution is -0.134. The topological polar surface area (TPSA) is 43.9 Å². The highest BCUT2D eigenvalue weighted by Gasteiger charge is 2.50. The molecule has 5 nitrogen and oxygen atoms in total. The molecule has 6 heteroatoms. The van der Waals surface area contributed by atoms with E-state index in [1.807, 2.05) is 49.5 Å². The zero-order valence-corrected chi connectivity index (χ0v) is 19.2. The van der Waals surface area contributed by atoms with E-state index < -0.39 is 5.41 Å². The van der Waals surface area contributed by atoms with Crippen LogP contribution in [0.4, 0.5) is 5.69 Å². The van der Waals surface area contributed by atoms with Crippen molar-refractivity contribution >= 4 is 29.1 Å². The number of para-hydroxylation sites is 1. The number of anilines is 1. The van der Waals surface area contributed by atoms with Crippen LogP contribution in [0.15, 0.2) is 48.5 Å². The summed E-state index contributed by atoms with van der Waals surface area (Å²) in [5.74, 6) is 0.144. The van der Waals surface area contributed by atoms with Crippen molar-refractivity contribution in [3.8, 4) is 0 Å². The Labute approximate surface area is 189 Å². The molecule has 2 aliphatic rings. The van der Waals surface area contributed by atoms with Crippen molar-refractivity contribution in [2.75, 3.05) is 45.7 Å². The van der Waals surface area contributed by atoms with Crippen LogP contribution in [-0.4, -0.2) is 62.4 Å². The Morgan fingerprint density at radius 3 is 2.42 bits per heavy atom. The van der Waals surface area contributed by atoms with E-state index in [1.54, 1.807) is 23.9 Å². The fraction of sp³-hybridized carbons (Fsp3) is 0.440. The molecule has 164 valence electrons. The Balaban J connectivity index is 1.49. The molecule has 0 bridgehead atoms. The van der Waals surface area contributed by atoms with Crippen LogP contribution in [0.25, 0.3) is 0 Å². The van der Waals surface area contributed by atoms with Crippen LogP contribution in [0.5, 0.6) is 0 Å². The Hall–Kier alpha value is -2.37. The number of benzene rings is 2. The van der Waals surface area contributed by atoms with Crippen LogP contribution in [0.1, 0.15) is 24.0 Å². The first-order valence-electron chi connectivity index (χ1n) is 10.9. The van der Waals surface area contributed by atoms with Crippen molar-refractivity contribution in [3.05, 3.63) is 64.7 Å². The van der Waals surface area contributed by atoms with Crippen LogP contribution in [-0.2, 0) is 21.4 Å². The van der Waals surface area contributed by atoms with E-state index in [0.29, 0.717) is 18.0 Å². The van der Waals surface area contributed by atoms with Crippen molar-refractivity contribution in [3.63, 3.8) is 0 Å². The van der Waals surface area contributed by atoms with E-state index in [9.17, 15) is 9.59 Å². The summed E-state index contributed by atoms with van der Waals surface area (Å²) in [5.41, 5.74) is 2.75. The number of carbonyl (C=O) groups excluding carboxylic acids is 2. The summed E-state index contributed by atoms with van der Waals surface area (Å²) in [6.45, 7) is 2.27. The zero-order chi connectivity index (χ0) is 22.2. The second-order valence-corrected chi connectivity index (χ2v) is 9.40. The molecule has 1 spiro atoms. The molecule has 1 unspecified atom stereocenters. The molecule has 4 rings (SSSR count). The minimum Gasteiger partial charge on any atom is -0.349 e. The Kier molecular flexibility index (Phi) is 6.09. The molecule has 0 saturated carbocycles. The number of hydrogen-bond acceptors (Lipinski definition) is 3. The van der Waals surface area contributed by atoms with Crippen molar-refractivity contribution in [1.82, 2.24) is 9.80 Å². The summed E-state index contributed by atoms with van der Waals surface area (Å²) in [4.78, 5) is 31.9. The van der Waals surface area contributed by atoms with Crippen molar-refractivity contribution in [2.45, 2.75) is 24.7 Å². The molecule has 31 heavy (non-hydrogen) atoms. The molecular weight excluding hydrogens is 410 g/mol. The molecule has 1 atom stereocenters. The van der Waals surface area contributed by atoms with Crippen LogP contribution >= 0.6 is 11.6 Å². The Bertz CT molecular complexity index is 982. The average molecular weight is 440 g/mol. The van der Waals surface area contributed by atoms with Gasteiger partial charge in [-0.3, -0.25) is 9.59 Å². The minimum atomic E-state index is -0.425. The largest absolute Gasteiger partial charge is 0.349 e. The SMILES string of the molecule is CN(C)C(=O)C(Cc1ccccc1Cl)CN1CCC2(CC1)C(=O)N(C)c1ccccc12. The lowest BCUT2D eigenvalue weighted by atomic mass is 9.73. The number of fused-ring (bicyclic) bond motifs is 2. The van der Waals surface area contributed by atoms with Gasteiger partial charge in [0.2, 0.25) is 11.8 Å². The van der Waals surface area contributed by atoms with E-state index in [4.69, 9.17) is 11.6 Å². The van der Waals surface area contributed by atoms with Crippen molar-refractivity contribution in [1.29, 1.82) is 0 Å². The molecule has 2 aromatic carbocycles. The van der Waals surface area contributed by atoms with Crippen LogP contribution in [0, 0.1) is 5.92 Å². The number of amides is 2. The zero-order valence-electron chi connectivity index (χ0n) is 18.5. The summed E-state index contributed by atoms with van der Waals surface area (Å²) in [6.07, 6.45) is 2.17. The van der Waals surface area contributed by atoms with Crippen molar-refractivity contribution in [2.24, 2.45) is 5.92 Å². The lowest BCUT2D eigenvalue weighted by Gasteiger charge is -2.39. The van der Waals surface area contributed by atoms with Gasteiger partial charge in [-0.2, -0.15) is 0 Å². The normalized spacial score (nSPS) is 18.8. The van der Waals surface area contributed by atoms with Gasteiger partial charge in [-0.15, -0.1) is 0 Å². The summed E-state index contributed by atoms with van der Waals surface area (Å²) in [5, 5.41) is 0.702. The third-order valence-electron chi connectivity index (χ3n) is 6.90. The molecule has 0 radical (unpaired) electrons. The van der Waals surface area contributed by atoms with Gasteiger partial charge in [-0.05, 0) is 55.6 Å². The van der Waals surface area contributed by atoms with Gasteiger partial charge in [-0.1, -0.05) is 48.0 Å². The highest BCUT2D eigenvalue weighted by atomic mass is 35.5. The van der Waals surface area contributed by atoms with E-state index in [2.05, 4.69) is 11.0 Å². The third-order valence-corrected chi connectivity index (χ3v) is 7.27. The lowest BCUT2D eigenvalue weighted by Crippen LogP contribution is -2.50. The number of carbonyl (C=O) groups is 2. The van der Waals surface area contributed by atoms with Gasteiger partial charge in [-0.25, -0.2) is 0 Å². The maximum atomic E-state index is 13.2. The first-order valence-corrected chi connectivity index (χ1v) is 11.3. The van der Waals surface area contributed by atoms with Crippen LogP contribution < -0.4 is 4.90 Å². The summed E-state index contributed by atoms with van der Waals surface area (Å²) in [7, 11) is 5.48. The molecule has 0 N–H and O–H groups in total. The molecular formula is C25H30ClN3O2. The van der Waals surface area contributed by atoms with E-state index in [-0.39, 0.29) is 17.7 Å². The molecule has 0 aromatic heterocycles. The number of rotatable bonds is 5. The predicted octanol–water partition coefficient (Wildman–Crippen LogP) is 3.60. The second-order valence-electron chi connectivity index (χ2n) is 8.99. The van der Waals surface area contributed by atoms with Crippen LogP contribution in [0.2, 0.25) is 5.02 Å². The molecule has 1 saturated heterocycles. The van der Waals surface area contributed by atoms with Crippen molar-refractivity contribution < 1.29 is 9.59 Å². The monoisotopic (exact) mass is 439 g/mol. The summed E-state index contributed by atoms with van der Waals surface area (Å²) < 4.78 is 0. The van der Waals surface area contributed by atoms with Crippen LogP contribution in [0.3, 0.4) is 0 Å². The molecule has 2 amide bonds. The predicted molar refractivity (Wildman–Crippen MR) is 125 cm³/mol. The molecule has 1 fully saturated rings. The minimum absolute atomic E-state index is 0.113. The van der Waals surface area contributed by atoms with E-state index >= 15 is 0 Å². The smallest absolute Gasteiger partial charge is 0.237 e. The van der Waals surface area contributed by atoms with Gasteiger partial charge in [0.15, 0.2) is 0 Å². The van der Waals surface area contributed by atoms with Gasteiger partial charge >= 0.3 is 0 Å². The number of halogens is 1. The maximum absolute atomic E-state index is 13.2. The first-order chi connectivity index (χ1) is 14.8. The van der Waals surface area contributed by atoms with Gasteiger partial charge < -0.3 is 14.7 Å². The van der Waals surface area contributed by atoms with Gasteiger partial charge in [0.1, 0.15) is 0 Å². The van der Waals surface area contributed by atoms with Gasteiger partial charge in [0.05, 0.1) is 11.3 Å². The number of likely N-dealkylation sites (N-methyl/N-ethyl adjacent to an activating group) is 1. The average Bonchev–Trinajstić information content (AvgIpc) is 2.98. The fourth-order valence-electron chi connectivity index (χ4n) is 5.15. The van der Waals surface area contributed by atoms with E-state index in [1.165, 1.54) is 0 Å². The molecule has 2 heterocycles. The first kappa shape index (κ1) is 21.8. The number of likely N-dealkylation sites (tertiary alicyclic amines) is 1. The quantitative estimate of drug-likeness (QED) is 0.715. The summed E-state index contributed by atoms with van der Waals surface area (Å²) >= 11 is 6.37.